The number of anilines is 1. The molecule has 0 aliphatic heterocycles. The normalized spacial score (nSPS) is 11.1. The first-order valence-electron chi connectivity index (χ1n) is 9.88. The third-order valence-corrected chi connectivity index (χ3v) is 5.20. The molecule has 4 aromatic carbocycles. The van der Waals surface area contributed by atoms with Crippen molar-refractivity contribution >= 4 is 44.0 Å². The van der Waals surface area contributed by atoms with Gasteiger partial charge in [0.2, 0.25) is 0 Å². The van der Waals surface area contributed by atoms with Gasteiger partial charge in [0.05, 0.1) is 11.2 Å². The zero-order chi connectivity index (χ0) is 20.5. The number of hydrogen-bond donors (Lipinski definition) is 1. The summed E-state index contributed by atoms with van der Waals surface area (Å²) in [7, 11) is 0. The highest BCUT2D eigenvalue weighted by molar-refractivity contribution is 6.11. The van der Waals surface area contributed by atoms with Crippen molar-refractivity contribution in [3.63, 3.8) is 0 Å². The molecule has 1 aromatic heterocycles. The molecule has 1 N–H and O–H groups in total. The Hall–Kier alpha value is -3.92. The molecule has 0 atom stereocenters. The molecule has 0 fully saturated rings. The van der Waals surface area contributed by atoms with Crippen LogP contribution in [-0.4, -0.2) is 17.5 Å². The molecule has 0 unspecified atom stereocenters. The van der Waals surface area contributed by atoms with Gasteiger partial charge in [-0.25, -0.2) is 0 Å². The van der Waals surface area contributed by atoms with Gasteiger partial charge in [0, 0.05) is 16.5 Å². The molecule has 5 rings (SSSR count). The van der Waals surface area contributed by atoms with Crippen LogP contribution in [0, 0.1) is 6.92 Å². The van der Waals surface area contributed by atoms with E-state index < -0.39 is 0 Å². The summed E-state index contributed by atoms with van der Waals surface area (Å²) in [6.45, 7) is 1.87. The van der Waals surface area contributed by atoms with Gasteiger partial charge in [-0.15, -0.1) is 0 Å². The second kappa shape index (κ2) is 7.48. The fourth-order valence-electron chi connectivity index (χ4n) is 3.78. The number of ether oxygens (including phenoxy) is 1. The van der Waals surface area contributed by atoms with Gasteiger partial charge in [-0.1, -0.05) is 66.7 Å². The first-order chi connectivity index (χ1) is 14.7. The van der Waals surface area contributed by atoms with Crippen LogP contribution in [0.4, 0.5) is 5.69 Å². The molecule has 0 radical (unpaired) electrons. The molecular formula is C26H20N2O2. The van der Waals surface area contributed by atoms with E-state index in [0.717, 1.165) is 43.8 Å². The van der Waals surface area contributed by atoms with Crippen molar-refractivity contribution in [2.75, 3.05) is 11.9 Å². The Morgan fingerprint density at radius 3 is 2.43 bits per heavy atom. The number of carbonyl (C=O) groups excluding carboxylic acids is 1. The van der Waals surface area contributed by atoms with Crippen LogP contribution in [0.2, 0.25) is 0 Å². The first kappa shape index (κ1) is 18.1. The topological polar surface area (TPSA) is 51.2 Å². The molecule has 5 aromatic rings. The SMILES string of the molecule is Cc1cc(NC(=O)COc2ccc3ccccc3c2)c2ccc3ccccc3c2n1. The molecule has 0 aliphatic carbocycles. The van der Waals surface area contributed by atoms with Gasteiger partial charge in [-0.2, -0.15) is 0 Å². The van der Waals surface area contributed by atoms with Crippen molar-refractivity contribution in [2.24, 2.45) is 0 Å². The quantitative estimate of drug-likeness (QED) is 0.389. The van der Waals surface area contributed by atoms with Crippen molar-refractivity contribution < 1.29 is 9.53 Å². The number of amides is 1. The minimum absolute atomic E-state index is 0.0607. The van der Waals surface area contributed by atoms with Crippen LogP contribution >= 0.6 is 0 Å². The predicted octanol–water partition coefficient (Wildman–Crippen LogP) is 5.87. The smallest absolute Gasteiger partial charge is 0.262 e. The van der Waals surface area contributed by atoms with E-state index in [9.17, 15) is 4.79 Å². The van der Waals surface area contributed by atoms with Crippen LogP contribution in [0.15, 0.2) is 84.9 Å². The van der Waals surface area contributed by atoms with E-state index in [0.29, 0.717) is 5.75 Å². The van der Waals surface area contributed by atoms with Gasteiger partial charge >= 0.3 is 0 Å². The van der Waals surface area contributed by atoms with E-state index in [1.165, 1.54) is 0 Å². The second-order valence-corrected chi connectivity index (χ2v) is 7.34. The second-order valence-electron chi connectivity index (χ2n) is 7.34. The van der Waals surface area contributed by atoms with Gasteiger partial charge in [-0.05, 0) is 41.3 Å². The average molecular weight is 392 g/mol. The molecule has 4 heteroatoms. The monoisotopic (exact) mass is 392 g/mol. The molecule has 4 nitrogen and oxygen atoms in total. The number of aromatic nitrogens is 1. The van der Waals surface area contributed by atoms with E-state index >= 15 is 0 Å². The minimum Gasteiger partial charge on any atom is -0.484 e. The van der Waals surface area contributed by atoms with Crippen LogP contribution < -0.4 is 10.1 Å². The van der Waals surface area contributed by atoms with Crippen molar-refractivity contribution in [2.45, 2.75) is 6.92 Å². The molecule has 0 aliphatic rings. The summed E-state index contributed by atoms with van der Waals surface area (Å²) in [6, 6.07) is 28.0. The van der Waals surface area contributed by atoms with E-state index in [1.807, 2.05) is 73.7 Å². The number of carbonyl (C=O) groups is 1. The summed E-state index contributed by atoms with van der Waals surface area (Å²) in [6.07, 6.45) is 0. The lowest BCUT2D eigenvalue weighted by molar-refractivity contribution is -0.118. The van der Waals surface area contributed by atoms with Crippen LogP contribution in [0.25, 0.3) is 32.4 Å². The lowest BCUT2D eigenvalue weighted by Gasteiger charge is -2.12. The number of nitrogens with one attached hydrogen (secondary N) is 1. The number of rotatable bonds is 4. The van der Waals surface area contributed by atoms with E-state index in [-0.39, 0.29) is 12.5 Å². The van der Waals surface area contributed by atoms with Gasteiger partial charge < -0.3 is 10.1 Å². The summed E-state index contributed by atoms with van der Waals surface area (Å²) in [5.41, 5.74) is 2.49. The largest absolute Gasteiger partial charge is 0.484 e. The zero-order valence-corrected chi connectivity index (χ0v) is 16.6. The van der Waals surface area contributed by atoms with Crippen LogP contribution in [0.1, 0.15) is 5.69 Å². The van der Waals surface area contributed by atoms with Crippen LogP contribution in [0.3, 0.4) is 0 Å². The maximum atomic E-state index is 12.6. The van der Waals surface area contributed by atoms with Crippen LogP contribution in [-0.2, 0) is 4.79 Å². The lowest BCUT2D eigenvalue weighted by atomic mass is 10.0. The van der Waals surface area contributed by atoms with Gasteiger partial charge in [-0.3, -0.25) is 9.78 Å². The third kappa shape index (κ3) is 3.44. The predicted molar refractivity (Wildman–Crippen MR) is 122 cm³/mol. The number of pyridine rings is 1. The number of hydrogen-bond acceptors (Lipinski definition) is 3. The van der Waals surface area contributed by atoms with E-state index in [2.05, 4.69) is 23.5 Å². The highest BCUT2D eigenvalue weighted by Gasteiger charge is 2.11. The third-order valence-electron chi connectivity index (χ3n) is 5.20. The number of fused-ring (bicyclic) bond motifs is 4. The summed E-state index contributed by atoms with van der Waals surface area (Å²) >= 11 is 0. The molecular weight excluding hydrogens is 372 g/mol. The average Bonchev–Trinajstić information content (AvgIpc) is 2.77. The van der Waals surface area contributed by atoms with Gasteiger partial charge in [0.1, 0.15) is 5.75 Å². The highest BCUT2D eigenvalue weighted by Crippen LogP contribution is 2.29. The Bertz CT molecular complexity index is 1410. The summed E-state index contributed by atoms with van der Waals surface area (Å²) in [5, 5.41) is 8.33. The Kier molecular flexibility index (Phi) is 4.52. The fraction of sp³-hybridized carbons (Fsp3) is 0.0769. The maximum absolute atomic E-state index is 12.6. The van der Waals surface area contributed by atoms with Crippen LogP contribution in [0.5, 0.6) is 5.75 Å². The lowest BCUT2D eigenvalue weighted by Crippen LogP contribution is -2.20. The highest BCUT2D eigenvalue weighted by atomic mass is 16.5. The fourth-order valence-corrected chi connectivity index (χ4v) is 3.78. The molecule has 1 heterocycles. The van der Waals surface area contributed by atoms with Gasteiger partial charge in [0.15, 0.2) is 6.61 Å². The van der Waals surface area contributed by atoms with Crippen molar-refractivity contribution in [1.29, 1.82) is 0 Å². The molecule has 0 bridgehead atoms. The number of aryl methyl sites for hydroxylation is 1. The summed E-state index contributed by atoms with van der Waals surface area (Å²) in [4.78, 5) is 17.3. The standard InChI is InChI=1S/C26H20N2O2/c1-17-14-24(23-13-11-19-7-4-5-9-22(19)26(23)27-17)28-25(29)16-30-21-12-10-18-6-2-3-8-20(18)15-21/h2-15H,16H2,1H3,(H,27,28,29). The zero-order valence-electron chi connectivity index (χ0n) is 16.6. The summed E-state index contributed by atoms with van der Waals surface area (Å²) in [5.74, 6) is 0.467. The number of benzene rings is 4. The minimum atomic E-state index is -0.205. The molecule has 1 amide bonds. The maximum Gasteiger partial charge on any atom is 0.262 e. The molecule has 0 spiro atoms. The van der Waals surface area contributed by atoms with E-state index in [4.69, 9.17) is 9.72 Å². The molecule has 146 valence electrons. The Morgan fingerprint density at radius 2 is 1.57 bits per heavy atom. The van der Waals surface area contributed by atoms with Crippen molar-refractivity contribution in [1.82, 2.24) is 4.98 Å². The number of nitrogens with zero attached hydrogens (tertiary/aromatic N) is 1. The Labute approximate surface area is 174 Å². The Balaban J connectivity index is 1.39. The molecule has 0 saturated heterocycles. The first-order valence-corrected chi connectivity index (χ1v) is 9.88. The van der Waals surface area contributed by atoms with E-state index in [1.54, 1.807) is 0 Å². The van der Waals surface area contributed by atoms with Crippen molar-refractivity contribution in [3.8, 4) is 5.75 Å². The molecule has 30 heavy (non-hydrogen) atoms. The van der Waals surface area contributed by atoms with Crippen molar-refractivity contribution in [3.05, 3.63) is 90.6 Å². The summed E-state index contributed by atoms with van der Waals surface area (Å²) < 4.78 is 5.73. The van der Waals surface area contributed by atoms with Gasteiger partial charge in [0.25, 0.3) is 5.91 Å². The molecule has 0 saturated carbocycles. The Morgan fingerprint density at radius 1 is 0.833 bits per heavy atom.